The number of aromatic nitrogens is 4. The van der Waals surface area contributed by atoms with Gasteiger partial charge in [0.1, 0.15) is 23.8 Å². The molecule has 4 heterocycles. The standard InChI is InChI=1S/C25H28N6O4S/c1-16-9-11-20(34-16)23(25(33)26-18-6-3-4-7-18)30(14-19-8-5-13-36-19)22(32)15-31-28-24(27-29-31)21-12-10-17(2)35-21/h5,8-13,18,23H,3-4,6-7,14-15H2,1-2H3,(H,26,33)/t23-/m0/s1. The van der Waals surface area contributed by atoms with E-state index in [4.69, 9.17) is 8.83 Å². The lowest BCUT2D eigenvalue weighted by Crippen LogP contribution is -2.46. The van der Waals surface area contributed by atoms with Crippen molar-refractivity contribution in [2.45, 2.75) is 64.7 Å². The van der Waals surface area contributed by atoms with Crippen molar-refractivity contribution in [1.82, 2.24) is 30.4 Å². The second kappa shape index (κ2) is 10.5. The van der Waals surface area contributed by atoms with Crippen LogP contribution in [0.4, 0.5) is 0 Å². The summed E-state index contributed by atoms with van der Waals surface area (Å²) in [6.07, 6.45) is 4.05. The molecule has 1 fully saturated rings. The lowest BCUT2D eigenvalue weighted by atomic mass is 10.1. The van der Waals surface area contributed by atoms with E-state index in [0.29, 0.717) is 17.3 Å². The number of hydrogen-bond donors (Lipinski definition) is 1. The van der Waals surface area contributed by atoms with Crippen LogP contribution in [-0.4, -0.2) is 43.0 Å². The van der Waals surface area contributed by atoms with Gasteiger partial charge >= 0.3 is 0 Å². The van der Waals surface area contributed by atoms with E-state index in [1.807, 2.05) is 37.4 Å². The largest absolute Gasteiger partial charge is 0.464 e. The molecule has 1 aliphatic carbocycles. The van der Waals surface area contributed by atoms with Gasteiger partial charge in [-0.15, -0.1) is 21.5 Å². The molecule has 4 aromatic heterocycles. The maximum atomic E-state index is 13.7. The van der Waals surface area contributed by atoms with Crippen molar-refractivity contribution < 1.29 is 18.4 Å². The highest BCUT2D eigenvalue weighted by molar-refractivity contribution is 7.09. The van der Waals surface area contributed by atoms with E-state index in [2.05, 4.69) is 20.7 Å². The van der Waals surface area contributed by atoms with Crippen LogP contribution in [0.5, 0.6) is 0 Å². The number of aryl methyl sites for hydroxylation is 2. The van der Waals surface area contributed by atoms with Crippen molar-refractivity contribution in [3.8, 4) is 11.6 Å². The summed E-state index contributed by atoms with van der Waals surface area (Å²) in [7, 11) is 0. The summed E-state index contributed by atoms with van der Waals surface area (Å²) >= 11 is 1.52. The van der Waals surface area contributed by atoms with Gasteiger partial charge in [-0.25, -0.2) is 0 Å². The summed E-state index contributed by atoms with van der Waals surface area (Å²) in [6, 6.07) is 10.2. The Balaban J connectivity index is 1.43. The second-order valence-electron chi connectivity index (χ2n) is 9.00. The SMILES string of the molecule is Cc1ccc(-c2nnn(CC(=O)N(Cc3cccs3)[C@H](C(=O)NC3CCCC3)c3ccc(C)o3)n2)o1. The number of amides is 2. The normalized spacial score (nSPS) is 14.7. The Bertz CT molecular complexity index is 1320. The molecule has 0 aromatic carbocycles. The fourth-order valence-electron chi connectivity index (χ4n) is 4.44. The highest BCUT2D eigenvalue weighted by atomic mass is 32.1. The molecular weight excluding hydrogens is 480 g/mol. The predicted octanol–water partition coefficient (Wildman–Crippen LogP) is 4.03. The van der Waals surface area contributed by atoms with Crippen molar-refractivity contribution >= 4 is 23.2 Å². The van der Waals surface area contributed by atoms with Gasteiger partial charge in [0.15, 0.2) is 11.8 Å². The zero-order valence-corrected chi connectivity index (χ0v) is 21.0. The van der Waals surface area contributed by atoms with Crippen LogP contribution in [-0.2, 0) is 22.7 Å². The second-order valence-corrected chi connectivity index (χ2v) is 10.0. The minimum absolute atomic E-state index is 0.103. The first-order chi connectivity index (χ1) is 17.5. The number of carbonyl (C=O) groups is 2. The van der Waals surface area contributed by atoms with E-state index >= 15 is 0 Å². The van der Waals surface area contributed by atoms with Crippen molar-refractivity contribution in [3.05, 3.63) is 63.9 Å². The number of nitrogens with one attached hydrogen (secondary N) is 1. The number of thiophene rings is 1. The average molecular weight is 509 g/mol. The molecule has 5 rings (SSSR count). The molecule has 1 saturated carbocycles. The first kappa shape index (κ1) is 24.0. The molecule has 0 unspecified atom stereocenters. The summed E-state index contributed by atoms with van der Waals surface area (Å²) in [5, 5.41) is 17.4. The Hall–Kier alpha value is -3.73. The van der Waals surface area contributed by atoms with Gasteiger partial charge in [0.05, 0.1) is 6.54 Å². The molecule has 0 radical (unpaired) electrons. The van der Waals surface area contributed by atoms with Crippen LogP contribution in [0.1, 0.15) is 53.9 Å². The molecule has 10 nitrogen and oxygen atoms in total. The molecule has 2 amide bonds. The van der Waals surface area contributed by atoms with E-state index in [0.717, 1.165) is 36.3 Å². The predicted molar refractivity (Wildman–Crippen MR) is 132 cm³/mol. The van der Waals surface area contributed by atoms with Gasteiger partial charge in [0.25, 0.3) is 5.91 Å². The third kappa shape index (κ3) is 5.40. The Morgan fingerprint density at radius 3 is 2.58 bits per heavy atom. The molecule has 188 valence electrons. The summed E-state index contributed by atoms with van der Waals surface area (Å²) in [4.78, 5) is 31.0. The molecule has 1 N–H and O–H groups in total. The van der Waals surface area contributed by atoms with Crippen LogP contribution in [0.3, 0.4) is 0 Å². The maximum Gasteiger partial charge on any atom is 0.250 e. The topological polar surface area (TPSA) is 119 Å². The van der Waals surface area contributed by atoms with Crippen LogP contribution in [0.2, 0.25) is 0 Å². The number of tetrazole rings is 1. The van der Waals surface area contributed by atoms with Gasteiger partial charge in [-0.3, -0.25) is 9.59 Å². The Morgan fingerprint density at radius 2 is 1.92 bits per heavy atom. The molecule has 1 atom stereocenters. The fourth-order valence-corrected chi connectivity index (χ4v) is 5.15. The third-order valence-corrected chi connectivity index (χ3v) is 7.07. The monoisotopic (exact) mass is 508 g/mol. The molecule has 11 heteroatoms. The smallest absolute Gasteiger partial charge is 0.250 e. The van der Waals surface area contributed by atoms with E-state index in [9.17, 15) is 9.59 Å². The van der Waals surface area contributed by atoms with Crippen LogP contribution in [0, 0.1) is 13.8 Å². The summed E-state index contributed by atoms with van der Waals surface area (Å²) < 4.78 is 11.4. The third-order valence-electron chi connectivity index (χ3n) is 6.21. The van der Waals surface area contributed by atoms with Crippen molar-refractivity contribution in [1.29, 1.82) is 0 Å². The molecule has 4 aromatic rings. The van der Waals surface area contributed by atoms with Crippen LogP contribution in [0.15, 0.2) is 50.6 Å². The zero-order chi connectivity index (χ0) is 25.1. The quantitative estimate of drug-likeness (QED) is 0.362. The number of nitrogens with zero attached hydrogens (tertiary/aromatic N) is 5. The number of carbonyl (C=O) groups excluding carboxylic acids is 2. The Labute approximate surface area is 212 Å². The van der Waals surface area contributed by atoms with E-state index in [1.54, 1.807) is 18.2 Å². The van der Waals surface area contributed by atoms with Crippen molar-refractivity contribution in [2.24, 2.45) is 0 Å². The van der Waals surface area contributed by atoms with Crippen molar-refractivity contribution in [3.63, 3.8) is 0 Å². The van der Waals surface area contributed by atoms with Gasteiger partial charge in [-0.2, -0.15) is 4.80 Å². The van der Waals surface area contributed by atoms with Gasteiger partial charge < -0.3 is 19.1 Å². The lowest BCUT2D eigenvalue weighted by molar-refractivity contribution is -0.143. The summed E-state index contributed by atoms with van der Waals surface area (Å²) in [5.74, 6) is 2.00. The molecule has 0 bridgehead atoms. The lowest BCUT2D eigenvalue weighted by Gasteiger charge is -2.30. The van der Waals surface area contributed by atoms with E-state index in [1.165, 1.54) is 21.0 Å². The first-order valence-corrected chi connectivity index (χ1v) is 12.9. The molecule has 0 spiro atoms. The summed E-state index contributed by atoms with van der Waals surface area (Å²) in [6.45, 7) is 3.70. The van der Waals surface area contributed by atoms with Gasteiger partial charge in [0.2, 0.25) is 11.7 Å². The number of furan rings is 2. The highest BCUT2D eigenvalue weighted by Gasteiger charge is 2.36. The Kier molecular flexibility index (Phi) is 6.99. The molecule has 0 saturated heterocycles. The van der Waals surface area contributed by atoms with Crippen LogP contribution >= 0.6 is 11.3 Å². The van der Waals surface area contributed by atoms with Gasteiger partial charge in [0, 0.05) is 10.9 Å². The van der Waals surface area contributed by atoms with E-state index in [-0.39, 0.29) is 36.8 Å². The molecule has 1 aliphatic rings. The average Bonchev–Trinajstić information content (AvgIpc) is 3.66. The fraction of sp³-hybridized carbons (Fsp3) is 0.400. The minimum atomic E-state index is -0.926. The molecular formula is C25H28N6O4S. The van der Waals surface area contributed by atoms with Crippen LogP contribution in [0.25, 0.3) is 11.6 Å². The maximum absolute atomic E-state index is 13.7. The molecule has 0 aliphatic heterocycles. The highest BCUT2D eigenvalue weighted by Crippen LogP contribution is 2.28. The summed E-state index contributed by atoms with van der Waals surface area (Å²) in [5.41, 5.74) is 0. The minimum Gasteiger partial charge on any atom is -0.464 e. The number of hydrogen-bond acceptors (Lipinski definition) is 8. The van der Waals surface area contributed by atoms with Gasteiger partial charge in [-0.05, 0) is 67.6 Å². The molecule has 36 heavy (non-hydrogen) atoms. The Morgan fingerprint density at radius 1 is 1.14 bits per heavy atom. The zero-order valence-electron chi connectivity index (χ0n) is 20.2. The van der Waals surface area contributed by atoms with Crippen molar-refractivity contribution in [2.75, 3.05) is 0 Å². The first-order valence-electron chi connectivity index (χ1n) is 12.0. The van der Waals surface area contributed by atoms with E-state index < -0.39 is 6.04 Å². The van der Waals surface area contributed by atoms with Gasteiger partial charge in [-0.1, -0.05) is 18.9 Å². The van der Waals surface area contributed by atoms with Crippen LogP contribution < -0.4 is 5.32 Å². The number of rotatable bonds is 9.